The van der Waals surface area contributed by atoms with Crippen molar-refractivity contribution in [3.63, 3.8) is 0 Å². The first-order valence-corrected chi connectivity index (χ1v) is 8.46. The molecule has 1 saturated heterocycles. The normalized spacial score (nSPS) is 17.0. The van der Waals surface area contributed by atoms with Crippen molar-refractivity contribution < 1.29 is 14.6 Å². The molecule has 1 fully saturated rings. The SMILES string of the molecule is O=C(O)CC1CCCN1c1ccc(OCc2ccccc2Cl)cc1. The molecule has 126 valence electrons. The van der Waals surface area contributed by atoms with E-state index in [0.717, 1.165) is 36.4 Å². The van der Waals surface area contributed by atoms with Gasteiger partial charge < -0.3 is 14.7 Å². The smallest absolute Gasteiger partial charge is 0.305 e. The number of rotatable bonds is 6. The number of anilines is 1. The zero-order chi connectivity index (χ0) is 16.9. The molecule has 1 unspecified atom stereocenters. The minimum Gasteiger partial charge on any atom is -0.489 e. The maximum atomic E-state index is 11.0. The Morgan fingerprint density at radius 3 is 2.67 bits per heavy atom. The second-order valence-corrected chi connectivity index (χ2v) is 6.37. The highest BCUT2D eigenvalue weighted by atomic mass is 35.5. The van der Waals surface area contributed by atoms with Gasteiger partial charge in [-0.15, -0.1) is 0 Å². The first-order valence-electron chi connectivity index (χ1n) is 8.08. The van der Waals surface area contributed by atoms with Crippen molar-refractivity contribution >= 4 is 23.3 Å². The summed E-state index contributed by atoms with van der Waals surface area (Å²) < 4.78 is 5.78. The molecule has 1 aliphatic rings. The zero-order valence-electron chi connectivity index (χ0n) is 13.3. The number of hydrogen-bond acceptors (Lipinski definition) is 3. The van der Waals surface area contributed by atoms with E-state index in [1.165, 1.54) is 0 Å². The highest BCUT2D eigenvalue weighted by molar-refractivity contribution is 6.31. The Labute approximate surface area is 146 Å². The van der Waals surface area contributed by atoms with E-state index < -0.39 is 5.97 Å². The van der Waals surface area contributed by atoms with Crippen LogP contribution in [0.2, 0.25) is 5.02 Å². The van der Waals surface area contributed by atoms with Crippen molar-refractivity contribution in [1.82, 2.24) is 0 Å². The molecule has 1 N–H and O–H groups in total. The van der Waals surface area contributed by atoms with Gasteiger partial charge in [-0.25, -0.2) is 0 Å². The van der Waals surface area contributed by atoms with Crippen LogP contribution in [0.3, 0.4) is 0 Å². The Kier molecular flexibility index (Phi) is 5.26. The number of nitrogens with zero attached hydrogens (tertiary/aromatic N) is 1. The molecule has 3 rings (SSSR count). The lowest BCUT2D eigenvalue weighted by atomic mass is 10.1. The predicted octanol–water partition coefficient (Wildman–Crippen LogP) is 4.36. The van der Waals surface area contributed by atoms with Gasteiger partial charge in [-0.1, -0.05) is 29.8 Å². The first-order chi connectivity index (χ1) is 11.6. The van der Waals surface area contributed by atoms with Crippen LogP contribution >= 0.6 is 11.6 Å². The van der Waals surface area contributed by atoms with Crippen molar-refractivity contribution in [3.8, 4) is 5.75 Å². The minimum atomic E-state index is -0.744. The van der Waals surface area contributed by atoms with Gasteiger partial charge in [0.25, 0.3) is 0 Å². The van der Waals surface area contributed by atoms with E-state index in [2.05, 4.69) is 4.90 Å². The fourth-order valence-corrected chi connectivity index (χ4v) is 3.29. The third-order valence-corrected chi connectivity index (χ3v) is 4.68. The number of aliphatic carboxylic acids is 1. The van der Waals surface area contributed by atoms with Gasteiger partial charge >= 0.3 is 5.97 Å². The molecule has 24 heavy (non-hydrogen) atoms. The third-order valence-electron chi connectivity index (χ3n) is 4.31. The maximum Gasteiger partial charge on any atom is 0.305 e. The van der Waals surface area contributed by atoms with Crippen LogP contribution in [0.15, 0.2) is 48.5 Å². The van der Waals surface area contributed by atoms with Crippen LogP contribution < -0.4 is 9.64 Å². The van der Waals surface area contributed by atoms with Crippen LogP contribution in [-0.4, -0.2) is 23.7 Å². The highest BCUT2D eigenvalue weighted by Gasteiger charge is 2.26. The summed E-state index contributed by atoms with van der Waals surface area (Å²) in [5.74, 6) is 0.0271. The van der Waals surface area contributed by atoms with Gasteiger partial charge in [0.15, 0.2) is 0 Å². The largest absolute Gasteiger partial charge is 0.489 e. The summed E-state index contributed by atoms with van der Waals surface area (Å²) in [6.07, 6.45) is 2.14. The number of ether oxygens (including phenoxy) is 1. The van der Waals surface area contributed by atoms with Gasteiger partial charge in [0.05, 0.1) is 6.42 Å². The summed E-state index contributed by atoms with van der Waals surface area (Å²) >= 11 is 6.12. The van der Waals surface area contributed by atoms with Crippen LogP contribution in [0.4, 0.5) is 5.69 Å². The van der Waals surface area contributed by atoms with Gasteiger partial charge in [-0.2, -0.15) is 0 Å². The Morgan fingerprint density at radius 1 is 1.21 bits per heavy atom. The molecule has 0 spiro atoms. The predicted molar refractivity (Wildman–Crippen MR) is 94.8 cm³/mol. The van der Waals surface area contributed by atoms with Crippen LogP contribution in [0.5, 0.6) is 5.75 Å². The monoisotopic (exact) mass is 345 g/mol. The molecule has 5 heteroatoms. The number of benzene rings is 2. The summed E-state index contributed by atoms with van der Waals surface area (Å²) in [4.78, 5) is 13.1. The van der Waals surface area contributed by atoms with Gasteiger partial charge in [0, 0.05) is 28.9 Å². The first kappa shape index (κ1) is 16.7. The van der Waals surface area contributed by atoms with Crippen molar-refractivity contribution in [2.75, 3.05) is 11.4 Å². The van der Waals surface area contributed by atoms with E-state index in [0.29, 0.717) is 11.6 Å². The van der Waals surface area contributed by atoms with E-state index >= 15 is 0 Å². The van der Waals surface area contributed by atoms with Crippen LogP contribution in [-0.2, 0) is 11.4 Å². The Bertz CT molecular complexity index is 702. The van der Waals surface area contributed by atoms with E-state index in [4.69, 9.17) is 21.4 Å². The number of carbonyl (C=O) groups is 1. The lowest BCUT2D eigenvalue weighted by molar-refractivity contribution is -0.137. The number of carboxylic acids is 1. The van der Waals surface area contributed by atoms with Gasteiger partial charge in [0.2, 0.25) is 0 Å². The maximum absolute atomic E-state index is 11.0. The highest BCUT2D eigenvalue weighted by Crippen LogP contribution is 2.29. The van der Waals surface area contributed by atoms with Crippen LogP contribution in [0.25, 0.3) is 0 Å². The lowest BCUT2D eigenvalue weighted by Gasteiger charge is -2.25. The molecular formula is C19H20ClNO3. The van der Waals surface area contributed by atoms with E-state index in [9.17, 15) is 4.79 Å². The van der Waals surface area contributed by atoms with Crippen LogP contribution in [0, 0.1) is 0 Å². The van der Waals surface area contributed by atoms with Crippen molar-refractivity contribution in [1.29, 1.82) is 0 Å². The standard InChI is InChI=1S/C19H20ClNO3/c20-18-6-2-1-4-14(18)13-24-17-9-7-15(8-10-17)21-11-3-5-16(21)12-19(22)23/h1-2,4,6-10,16H,3,5,11-13H2,(H,22,23). The van der Waals surface area contributed by atoms with E-state index in [1.807, 2.05) is 48.5 Å². The molecular weight excluding hydrogens is 326 g/mol. The Morgan fingerprint density at radius 2 is 1.96 bits per heavy atom. The molecule has 0 amide bonds. The van der Waals surface area contributed by atoms with Gasteiger partial charge in [-0.05, 0) is 43.2 Å². The fraction of sp³-hybridized carbons (Fsp3) is 0.316. The molecule has 2 aromatic rings. The Balaban J connectivity index is 1.63. The van der Waals surface area contributed by atoms with Crippen molar-refractivity contribution in [2.24, 2.45) is 0 Å². The summed E-state index contributed by atoms with van der Waals surface area (Å²) in [5, 5.41) is 9.72. The Hall–Kier alpha value is -2.20. The number of halogens is 1. The second kappa shape index (κ2) is 7.58. The number of carboxylic acid groups (broad SMARTS) is 1. The van der Waals surface area contributed by atoms with Crippen molar-refractivity contribution in [3.05, 3.63) is 59.1 Å². The average molecular weight is 346 g/mol. The fourth-order valence-electron chi connectivity index (χ4n) is 3.10. The lowest BCUT2D eigenvalue weighted by Crippen LogP contribution is -2.31. The summed E-state index contributed by atoms with van der Waals surface area (Å²) in [6, 6.07) is 15.5. The molecule has 4 nitrogen and oxygen atoms in total. The molecule has 0 saturated carbocycles. The summed E-state index contributed by atoms with van der Waals surface area (Å²) in [7, 11) is 0. The second-order valence-electron chi connectivity index (χ2n) is 5.96. The molecule has 0 radical (unpaired) electrons. The minimum absolute atomic E-state index is 0.0809. The quantitative estimate of drug-likeness (QED) is 0.845. The summed E-state index contributed by atoms with van der Waals surface area (Å²) in [6.45, 7) is 1.32. The third kappa shape index (κ3) is 4.01. The van der Waals surface area contributed by atoms with Gasteiger partial charge in [0.1, 0.15) is 12.4 Å². The zero-order valence-corrected chi connectivity index (χ0v) is 14.1. The number of hydrogen-bond donors (Lipinski definition) is 1. The molecule has 2 aromatic carbocycles. The van der Waals surface area contributed by atoms with E-state index in [-0.39, 0.29) is 12.5 Å². The summed E-state index contributed by atoms with van der Waals surface area (Å²) in [5.41, 5.74) is 1.99. The average Bonchev–Trinajstić information content (AvgIpc) is 3.02. The molecule has 1 heterocycles. The topological polar surface area (TPSA) is 49.8 Å². The molecule has 1 aliphatic heterocycles. The van der Waals surface area contributed by atoms with Crippen molar-refractivity contribution in [2.45, 2.75) is 31.9 Å². The van der Waals surface area contributed by atoms with Gasteiger partial charge in [-0.3, -0.25) is 4.79 Å². The molecule has 0 aromatic heterocycles. The molecule has 1 atom stereocenters. The molecule has 0 bridgehead atoms. The van der Waals surface area contributed by atoms with E-state index in [1.54, 1.807) is 0 Å². The van der Waals surface area contributed by atoms with Crippen LogP contribution in [0.1, 0.15) is 24.8 Å². The molecule has 0 aliphatic carbocycles.